The monoisotopic (exact) mass is 712 g/mol. The Labute approximate surface area is 327 Å². The lowest BCUT2D eigenvalue weighted by atomic mass is 9.95. The molecule has 0 atom stereocenters. The fourth-order valence-electron chi connectivity index (χ4n) is 7.74. The highest BCUT2D eigenvalue weighted by Gasteiger charge is 2.15. The molecule has 0 aliphatic rings. The average molecular weight is 713 g/mol. The minimum atomic E-state index is 0.713. The highest BCUT2D eigenvalue weighted by Crippen LogP contribution is 2.36. The number of aromatic nitrogens is 2. The topological polar surface area (TPSA) is 25.8 Å². The van der Waals surface area contributed by atoms with Gasteiger partial charge in [0, 0.05) is 21.9 Å². The lowest BCUT2D eigenvalue weighted by Gasteiger charge is -2.13. The molecular formula is C54H36N2. The minimum absolute atomic E-state index is 0.713. The Morgan fingerprint density at radius 3 is 1.18 bits per heavy atom. The molecule has 9 aromatic carbocycles. The van der Waals surface area contributed by atoms with Crippen LogP contribution in [0.4, 0.5) is 0 Å². The van der Waals surface area contributed by atoms with Crippen molar-refractivity contribution in [2.75, 3.05) is 0 Å². The van der Waals surface area contributed by atoms with Crippen molar-refractivity contribution in [3.63, 3.8) is 0 Å². The Morgan fingerprint density at radius 1 is 0.232 bits per heavy atom. The first-order chi connectivity index (χ1) is 27.7. The first-order valence-corrected chi connectivity index (χ1v) is 19.1. The van der Waals surface area contributed by atoms with E-state index in [9.17, 15) is 0 Å². The van der Waals surface area contributed by atoms with Gasteiger partial charge in [0.05, 0.1) is 11.2 Å². The third kappa shape index (κ3) is 6.44. The third-order valence-corrected chi connectivity index (χ3v) is 10.7. The fourth-order valence-corrected chi connectivity index (χ4v) is 7.74. The molecule has 2 heteroatoms. The smallest absolute Gasteiger partial charge is 0.160 e. The number of fused-ring (bicyclic) bond motifs is 3. The van der Waals surface area contributed by atoms with Crippen molar-refractivity contribution in [1.29, 1.82) is 0 Å². The van der Waals surface area contributed by atoms with Crippen LogP contribution in [0.15, 0.2) is 218 Å². The van der Waals surface area contributed by atoms with Crippen molar-refractivity contribution in [3.05, 3.63) is 218 Å². The number of nitrogens with zero attached hydrogens (tertiary/aromatic N) is 2. The second-order valence-electron chi connectivity index (χ2n) is 14.2. The van der Waals surface area contributed by atoms with E-state index in [-0.39, 0.29) is 0 Å². The van der Waals surface area contributed by atoms with Crippen LogP contribution in [0.1, 0.15) is 0 Å². The van der Waals surface area contributed by atoms with Crippen LogP contribution in [0.3, 0.4) is 0 Å². The van der Waals surface area contributed by atoms with Crippen molar-refractivity contribution in [2.45, 2.75) is 0 Å². The molecule has 0 aliphatic heterocycles. The van der Waals surface area contributed by atoms with E-state index in [0.717, 1.165) is 55.2 Å². The molecule has 0 amide bonds. The number of rotatable bonds is 7. The van der Waals surface area contributed by atoms with Crippen molar-refractivity contribution in [3.8, 4) is 78.3 Å². The number of hydrogen-bond acceptors (Lipinski definition) is 2. The van der Waals surface area contributed by atoms with Crippen molar-refractivity contribution < 1.29 is 0 Å². The molecule has 0 radical (unpaired) electrons. The van der Waals surface area contributed by atoms with E-state index in [1.807, 2.05) is 0 Å². The zero-order chi connectivity index (χ0) is 37.3. The summed E-state index contributed by atoms with van der Waals surface area (Å²) in [5.41, 5.74) is 15.8. The summed E-state index contributed by atoms with van der Waals surface area (Å²) in [4.78, 5) is 10.5. The van der Waals surface area contributed by atoms with Gasteiger partial charge in [0.15, 0.2) is 5.82 Å². The number of hydrogen-bond donors (Lipinski definition) is 0. The van der Waals surface area contributed by atoms with Gasteiger partial charge in [0.2, 0.25) is 0 Å². The van der Waals surface area contributed by atoms with Crippen LogP contribution in [0.25, 0.3) is 100.0 Å². The maximum atomic E-state index is 5.27. The summed E-state index contributed by atoms with van der Waals surface area (Å²) >= 11 is 0. The molecular weight excluding hydrogens is 677 g/mol. The predicted octanol–water partition coefficient (Wildman–Crippen LogP) is 14.5. The number of benzene rings is 9. The first-order valence-electron chi connectivity index (χ1n) is 19.1. The molecule has 0 saturated carbocycles. The summed E-state index contributed by atoms with van der Waals surface area (Å²) < 4.78 is 0. The standard InChI is InChI=1S/C54H36N2/c1-3-12-37(13-4-1)44-17-9-20-47(34-44)48-21-10-18-45(35-48)41-26-24-39(25-27-41)40-28-30-43(31-29-40)54-55-52(49-22-11-19-46(36-49)38-14-5-2-6-15-38)51-33-32-42-16-7-8-23-50(42)53(51)56-54/h1-36H. The molecule has 0 spiro atoms. The van der Waals surface area contributed by atoms with Crippen LogP contribution in [-0.4, -0.2) is 9.97 Å². The Balaban J connectivity index is 0.966. The van der Waals surface area contributed by atoms with Crippen LogP contribution >= 0.6 is 0 Å². The molecule has 0 aliphatic carbocycles. The second kappa shape index (κ2) is 14.4. The van der Waals surface area contributed by atoms with Gasteiger partial charge >= 0.3 is 0 Å². The van der Waals surface area contributed by atoms with Crippen LogP contribution in [0.5, 0.6) is 0 Å². The molecule has 0 bridgehead atoms. The molecule has 0 unspecified atom stereocenters. The summed E-state index contributed by atoms with van der Waals surface area (Å²) in [6.45, 7) is 0. The zero-order valence-corrected chi connectivity index (χ0v) is 30.7. The molecule has 0 saturated heterocycles. The quantitative estimate of drug-likeness (QED) is 0.154. The maximum Gasteiger partial charge on any atom is 0.160 e. The van der Waals surface area contributed by atoms with Gasteiger partial charge in [-0.25, -0.2) is 9.97 Å². The SMILES string of the molecule is c1ccc(-c2cccc(-c3cccc(-c4ccc(-c5ccc(-c6nc(-c7cccc(-c8ccccc8)c7)c7ccc8ccccc8c7n6)cc5)cc4)c3)c2)cc1. The van der Waals surface area contributed by atoms with E-state index in [0.29, 0.717) is 5.82 Å². The van der Waals surface area contributed by atoms with E-state index in [1.54, 1.807) is 0 Å². The van der Waals surface area contributed by atoms with Gasteiger partial charge in [0.25, 0.3) is 0 Å². The molecule has 10 aromatic rings. The van der Waals surface area contributed by atoms with Gasteiger partial charge in [-0.2, -0.15) is 0 Å². The van der Waals surface area contributed by atoms with Crippen molar-refractivity contribution in [2.24, 2.45) is 0 Å². The summed E-state index contributed by atoms with van der Waals surface area (Å²) in [5, 5.41) is 3.33. The lowest BCUT2D eigenvalue weighted by Crippen LogP contribution is -1.96. The van der Waals surface area contributed by atoms with Crippen LogP contribution < -0.4 is 0 Å². The average Bonchev–Trinajstić information content (AvgIpc) is 3.29. The highest BCUT2D eigenvalue weighted by molar-refractivity contribution is 6.09. The van der Waals surface area contributed by atoms with Crippen molar-refractivity contribution in [1.82, 2.24) is 9.97 Å². The van der Waals surface area contributed by atoms with Crippen LogP contribution in [0, 0.1) is 0 Å². The van der Waals surface area contributed by atoms with Crippen LogP contribution in [-0.2, 0) is 0 Å². The fraction of sp³-hybridized carbons (Fsp3) is 0. The van der Waals surface area contributed by atoms with Gasteiger partial charge in [-0.15, -0.1) is 0 Å². The highest BCUT2D eigenvalue weighted by atomic mass is 14.9. The molecule has 1 aromatic heterocycles. The zero-order valence-electron chi connectivity index (χ0n) is 30.7. The van der Waals surface area contributed by atoms with Crippen molar-refractivity contribution >= 4 is 21.7 Å². The molecule has 0 N–H and O–H groups in total. The lowest BCUT2D eigenvalue weighted by molar-refractivity contribution is 1.23. The normalized spacial score (nSPS) is 11.2. The van der Waals surface area contributed by atoms with E-state index in [2.05, 4.69) is 218 Å². The molecule has 56 heavy (non-hydrogen) atoms. The van der Waals surface area contributed by atoms with Gasteiger partial charge in [-0.3, -0.25) is 0 Å². The minimum Gasteiger partial charge on any atom is -0.227 e. The van der Waals surface area contributed by atoms with E-state index >= 15 is 0 Å². The third-order valence-electron chi connectivity index (χ3n) is 10.7. The van der Waals surface area contributed by atoms with Crippen LogP contribution in [0.2, 0.25) is 0 Å². The molecule has 2 nitrogen and oxygen atoms in total. The predicted molar refractivity (Wildman–Crippen MR) is 235 cm³/mol. The Hall–Kier alpha value is -7.42. The van der Waals surface area contributed by atoms with E-state index < -0.39 is 0 Å². The largest absolute Gasteiger partial charge is 0.227 e. The molecule has 262 valence electrons. The van der Waals surface area contributed by atoms with Gasteiger partial charge in [-0.05, 0) is 85.3 Å². The Morgan fingerprint density at radius 2 is 0.625 bits per heavy atom. The van der Waals surface area contributed by atoms with Gasteiger partial charge < -0.3 is 0 Å². The molecule has 10 rings (SSSR count). The van der Waals surface area contributed by atoms with Gasteiger partial charge in [-0.1, -0.05) is 194 Å². The summed E-state index contributed by atoms with van der Waals surface area (Å²) in [7, 11) is 0. The van der Waals surface area contributed by atoms with E-state index in [4.69, 9.17) is 9.97 Å². The van der Waals surface area contributed by atoms with Gasteiger partial charge in [0.1, 0.15) is 0 Å². The Kier molecular flexibility index (Phi) is 8.55. The summed E-state index contributed by atoms with van der Waals surface area (Å²) in [6.07, 6.45) is 0. The summed E-state index contributed by atoms with van der Waals surface area (Å²) in [6, 6.07) is 77.6. The maximum absolute atomic E-state index is 5.27. The summed E-state index contributed by atoms with van der Waals surface area (Å²) in [5.74, 6) is 0.713. The second-order valence-corrected chi connectivity index (χ2v) is 14.2. The first kappa shape index (κ1) is 33.2. The molecule has 0 fully saturated rings. The van der Waals surface area contributed by atoms with E-state index in [1.165, 1.54) is 38.9 Å². The Bertz CT molecular complexity index is 2990. The molecule has 1 heterocycles.